The SMILES string of the molecule is CCN=C=NC(=O)CC(C)N(C)C.Cl. The summed E-state index contributed by atoms with van der Waals surface area (Å²) in [6.07, 6.45) is 0.416. The molecule has 0 aromatic carbocycles. The zero-order valence-corrected chi connectivity index (χ0v) is 9.97. The summed E-state index contributed by atoms with van der Waals surface area (Å²) in [7, 11) is 3.86. The van der Waals surface area contributed by atoms with Gasteiger partial charge in [-0.15, -0.1) is 17.4 Å². The van der Waals surface area contributed by atoms with E-state index < -0.39 is 0 Å². The van der Waals surface area contributed by atoms with Crippen LogP contribution >= 0.6 is 12.4 Å². The third-order valence-corrected chi connectivity index (χ3v) is 1.76. The fourth-order valence-corrected chi connectivity index (χ4v) is 0.643. The van der Waals surface area contributed by atoms with E-state index in [4.69, 9.17) is 0 Å². The largest absolute Gasteiger partial charge is 0.306 e. The van der Waals surface area contributed by atoms with Gasteiger partial charge in [-0.2, -0.15) is 0 Å². The summed E-state index contributed by atoms with van der Waals surface area (Å²) in [5.41, 5.74) is 0. The molecule has 0 radical (unpaired) electrons. The molecule has 0 saturated heterocycles. The minimum atomic E-state index is -0.168. The lowest BCUT2D eigenvalue weighted by Gasteiger charge is -2.16. The maximum absolute atomic E-state index is 11.1. The first-order chi connectivity index (χ1) is 6.07. The highest BCUT2D eigenvalue weighted by Crippen LogP contribution is 1.98. The molecule has 0 bridgehead atoms. The lowest BCUT2D eigenvalue weighted by atomic mass is 10.2. The average Bonchev–Trinajstić information content (AvgIpc) is 2.04. The monoisotopic (exact) mass is 219 g/mol. The molecule has 0 aromatic heterocycles. The average molecular weight is 220 g/mol. The van der Waals surface area contributed by atoms with E-state index in [1.807, 2.05) is 32.8 Å². The molecule has 14 heavy (non-hydrogen) atoms. The molecule has 4 nitrogen and oxygen atoms in total. The Balaban J connectivity index is 0. The maximum Gasteiger partial charge on any atom is 0.256 e. The lowest BCUT2D eigenvalue weighted by molar-refractivity contribution is -0.118. The molecule has 0 N–H and O–H groups in total. The molecule has 1 atom stereocenters. The van der Waals surface area contributed by atoms with E-state index in [1.165, 1.54) is 0 Å². The Morgan fingerprint density at radius 2 is 2.07 bits per heavy atom. The summed E-state index contributed by atoms with van der Waals surface area (Å²) in [4.78, 5) is 20.4. The topological polar surface area (TPSA) is 45.0 Å². The predicted octanol–water partition coefficient (Wildman–Crippen LogP) is 1.47. The second-order valence-corrected chi connectivity index (χ2v) is 3.10. The van der Waals surface area contributed by atoms with Crippen molar-refractivity contribution in [1.29, 1.82) is 0 Å². The summed E-state index contributed by atoms with van der Waals surface area (Å²) >= 11 is 0. The molecule has 0 saturated carbocycles. The summed E-state index contributed by atoms with van der Waals surface area (Å²) < 4.78 is 0. The number of aliphatic imine (C=N–C) groups is 2. The van der Waals surface area contributed by atoms with Crippen LogP contribution in [0.2, 0.25) is 0 Å². The van der Waals surface area contributed by atoms with Gasteiger partial charge in [0.15, 0.2) is 0 Å². The van der Waals surface area contributed by atoms with Gasteiger partial charge in [0, 0.05) is 19.0 Å². The zero-order valence-electron chi connectivity index (χ0n) is 9.15. The molecular formula is C9H18ClN3O. The van der Waals surface area contributed by atoms with Gasteiger partial charge in [0.1, 0.15) is 0 Å². The number of amides is 1. The molecule has 0 heterocycles. The zero-order chi connectivity index (χ0) is 10.3. The Morgan fingerprint density at radius 1 is 1.50 bits per heavy atom. The minimum Gasteiger partial charge on any atom is -0.306 e. The normalized spacial score (nSPS) is 11.2. The van der Waals surface area contributed by atoms with Gasteiger partial charge in [0.25, 0.3) is 5.91 Å². The first kappa shape index (κ1) is 15.8. The van der Waals surface area contributed by atoms with Gasteiger partial charge in [-0.25, -0.2) is 4.99 Å². The maximum atomic E-state index is 11.1. The van der Waals surface area contributed by atoms with Crippen LogP contribution in [0.3, 0.4) is 0 Å². The number of halogens is 1. The number of rotatable bonds is 4. The Bertz CT molecular complexity index is 222. The predicted molar refractivity (Wildman–Crippen MR) is 60.4 cm³/mol. The van der Waals surface area contributed by atoms with Crippen molar-refractivity contribution in [2.75, 3.05) is 20.6 Å². The Labute approximate surface area is 91.5 Å². The molecule has 0 aliphatic rings. The van der Waals surface area contributed by atoms with Gasteiger partial charge in [0.05, 0.1) is 6.01 Å². The summed E-state index contributed by atoms with van der Waals surface area (Å²) in [5, 5.41) is 0. The van der Waals surface area contributed by atoms with E-state index in [2.05, 4.69) is 16.0 Å². The van der Waals surface area contributed by atoms with E-state index >= 15 is 0 Å². The van der Waals surface area contributed by atoms with Gasteiger partial charge in [-0.1, -0.05) is 0 Å². The summed E-state index contributed by atoms with van der Waals surface area (Å²) in [6, 6.07) is 2.57. The van der Waals surface area contributed by atoms with E-state index in [-0.39, 0.29) is 24.4 Å². The van der Waals surface area contributed by atoms with Crippen LogP contribution in [0.15, 0.2) is 9.98 Å². The first-order valence-corrected chi connectivity index (χ1v) is 4.39. The van der Waals surface area contributed by atoms with Crippen molar-refractivity contribution in [1.82, 2.24) is 4.90 Å². The number of nitrogens with zero attached hydrogens (tertiary/aromatic N) is 3. The van der Waals surface area contributed by atoms with Crippen LogP contribution in [-0.2, 0) is 4.79 Å². The molecule has 5 heteroatoms. The van der Waals surface area contributed by atoms with Crippen molar-refractivity contribution in [3.05, 3.63) is 0 Å². The van der Waals surface area contributed by atoms with Crippen molar-refractivity contribution in [3.8, 4) is 0 Å². The van der Waals surface area contributed by atoms with E-state index in [1.54, 1.807) is 0 Å². The van der Waals surface area contributed by atoms with Gasteiger partial charge < -0.3 is 4.90 Å². The summed E-state index contributed by atoms with van der Waals surface area (Å²) in [6.45, 7) is 4.46. The molecule has 1 amide bonds. The van der Waals surface area contributed by atoms with Crippen LogP contribution in [0.1, 0.15) is 20.3 Å². The fraction of sp³-hybridized carbons (Fsp3) is 0.778. The molecule has 0 fully saturated rings. The quantitative estimate of drug-likeness (QED) is 0.673. The Morgan fingerprint density at radius 3 is 2.50 bits per heavy atom. The fourth-order valence-electron chi connectivity index (χ4n) is 0.643. The second kappa shape index (κ2) is 8.88. The molecule has 82 valence electrons. The van der Waals surface area contributed by atoms with E-state index in [0.29, 0.717) is 13.0 Å². The number of carbonyl (C=O) groups is 1. The summed E-state index contributed by atoms with van der Waals surface area (Å²) in [5.74, 6) is -0.168. The highest BCUT2D eigenvalue weighted by Gasteiger charge is 2.08. The van der Waals surface area contributed by atoms with Crippen LogP contribution in [0, 0.1) is 0 Å². The van der Waals surface area contributed by atoms with Gasteiger partial charge in [0.2, 0.25) is 0 Å². The van der Waals surface area contributed by atoms with Crippen molar-refractivity contribution < 1.29 is 4.79 Å². The number of hydrogen-bond donors (Lipinski definition) is 0. The van der Waals surface area contributed by atoms with Crippen LogP contribution < -0.4 is 0 Å². The Hall–Kier alpha value is -0.700. The number of carbonyl (C=O) groups excluding carboxylic acids is 1. The van der Waals surface area contributed by atoms with Crippen LogP contribution in [0.25, 0.3) is 0 Å². The van der Waals surface area contributed by atoms with Gasteiger partial charge in [-0.05, 0) is 27.9 Å². The van der Waals surface area contributed by atoms with Crippen molar-refractivity contribution in [2.24, 2.45) is 9.98 Å². The molecule has 0 aliphatic carbocycles. The Kier molecular flexibility index (Phi) is 9.99. The van der Waals surface area contributed by atoms with Crippen molar-refractivity contribution in [2.45, 2.75) is 26.3 Å². The lowest BCUT2D eigenvalue weighted by Crippen LogP contribution is -2.26. The van der Waals surface area contributed by atoms with Gasteiger partial charge in [-0.3, -0.25) is 4.79 Å². The molecule has 1 unspecified atom stereocenters. The van der Waals surface area contributed by atoms with Crippen LogP contribution in [0.4, 0.5) is 0 Å². The third kappa shape index (κ3) is 7.92. The highest BCUT2D eigenvalue weighted by molar-refractivity contribution is 5.85. The van der Waals surface area contributed by atoms with E-state index in [9.17, 15) is 4.79 Å². The second-order valence-electron chi connectivity index (χ2n) is 3.10. The van der Waals surface area contributed by atoms with E-state index in [0.717, 1.165) is 0 Å². The molecular weight excluding hydrogens is 202 g/mol. The van der Waals surface area contributed by atoms with Crippen molar-refractivity contribution >= 4 is 24.3 Å². The minimum absolute atomic E-state index is 0. The standard InChI is InChI=1S/C9H17N3O.ClH/c1-5-10-7-11-9(13)6-8(2)12(3)4;/h8H,5-6H2,1-4H3;1H. The van der Waals surface area contributed by atoms with Gasteiger partial charge >= 0.3 is 0 Å². The molecule has 0 spiro atoms. The van der Waals surface area contributed by atoms with Crippen LogP contribution in [0.5, 0.6) is 0 Å². The molecule has 0 aromatic rings. The highest BCUT2D eigenvalue weighted by atomic mass is 35.5. The molecule has 0 aliphatic heterocycles. The first-order valence-electron chi connectivity index (χ1n) is 4.39. The van der Waals surface area contributed by atoms with Crippen LogP contribution in [-0.4, -0.2) is 43.5 Å². The van der Waals surface area contributed by atoms with Crippen molar-refractivity contribution in [3.63, 3.8) is 0 Å². The third-order valence-electron chi connectivity index (χ3n) is 1.76. The molecule has 0 rings (SSSR count). The number of hydrogen-bond acceptors (Lipinski definition) is 3. The smallest absolute Gasteiger partial charge is 0.256 e.